The van der Waals surface area contributed by atoms with Crippen LogP contribution in [0, 0.1) is 12.7 Å². The molecule has 0 saturated heterocycles. The van der Waals surface area contributed by atoms with Crippen LogP contribution in [0.2, 0.25) is 0 Å². The molecule has 0 aliphatic rings. The number of nitrogens with two attached hydrogens (primary N) is 2. The molecule has 0 aliphatic heterocycles. The Morgan fingerprint density at radius 1 is 1.45 bits per heavy atom. The quantitative estimate of drug-likeness (QED) is 0.322. The van der Waals surface area contributed by atoms with Gasteiger partial charge in [0, 0.05) is 0 Å². The van der Waals surface area contributed by atoms with E-state index in [1.54, 1.807) is 19.1 Å². The summed E-state index contributed by atoms with van der Waals surface area (Å²) in [7, 11) is 0. The van der Waals surface area contributed by atoms with E-state index in [1.165, 1.54) is 0 Å². The number of nitrogens with one attached hydrogen (secondary N) is 1. The van der Waals surface area contributed by atoms with E-state index in [4.69, 9.17) is 11.6 Å². The minimum Gasteiger partial charge on any atom is -0.397 e. The number of aryl methyl sites for hydroxylation is 1. The number of rotatable bonds is 1. The molecule has 11 heavy (non-hydrogen) atoms. The second-order valence-corrected chi connectivity index (χ2v) is 2.31. The molecule has 0 aliphatic carbocycles. The van der Waals surface area contributed by atoms with Crippen LogP contribution in [0.4, 0.5) is 15.8 Å². The van der Waals surface area contributed by atoms with Crippen LogP contribution in [0.3, 0.4) is 0 Å². The molecule has 0 saturated carbocycles. The predicted octanol–water partition coefficient (Wildman–Crippen LogP) is 1.00. The summed E-state index contributed by atoms with van der Waals surface area (Å²) in [5.41, 5.74) is 8.62. The number of hydrazine groups is 1. The number of hydrogen-bond acceptors (Lipinski definition) is 3. The summed E-state index contributed by atoms with van der Waals surface area (Å²) in [6.07, 6.45) is 0. The number of benzene rings is 1. The zero-order chi connectivity index (χ0) is 8.43. The van der Waals surface area contributed by atoms with Gasteiger partial charge in [-0.2, -0.15) is 0 Å². The smallest absolute Gasteiger partial charge is 0.152 e. The normalized spacial score (nSPS) is 9.73. The fourth-order valence-corrected chi connectivity index (χ4v) is 0.842. The summed E-state index contributed by atoms with van der Waals surface area (Å²) >= 11 is 0. The molecule has 1 aromatic carbocycles. The van der Waals surface area contributed by atoms with Gasteiger partial charge in [0.2, 0.25) is 0 Å². The van der Waals surface area contributed by atoms with Gasteiger partial charge in [-0.25, -0.2) is 4.39 Å². The van der Waals surface area contributed by atoms with E-state index in [0.717, 1.165) is 0 Å². The summed E-state index contributed by atoms with van der Waals surface area (Å²) in [5, 5.41) is 0. The Balaban J connectivity index is 3.29. The number of hydrogen-bond donors (Lipinski definition) is 3. The number of anilines is 2. The third-order valence-corrected chi connectivity index (χ3v) is 1.51. The van der Waals surface area contributed by atoms with E-state index in [9.17, 15) is 4.39 Å². The first-order valence-corrected chi connectivity index (χ1v) is 3.18. The number of nitrogen functional groups attached to an aromatic ring is 2. The average molecular weight is 155 g/mol. The van der Waals surface area contributed by atoms with Crippen molar-refractivity contribution in [2.75, 3.05) is 11.2 Å². The minimum atomic E-state index is -0.396. The van der Waals surface area contributed by atoms with E-state index < -0.39 is 5.82 Å². The molecule has 0 unspecified atom stereocenters. The molecule has 4 heteroatoms. The molecule has 0 heterocycles. The van der Waals surface area contributed by atoms with Crippen molar-refractivity contribution in [2.45, 2.75) is 6.92 Å². The summed E-state index contributed by atoms with van der Waals surface area (Å²) < 4.78 is 13.0. The van der Waals surface area contributed by atoms with E-state index in [-0.39, 0.29) is 5.69 Å². The fraction of sp³-hybridized carbons (Fsp3) is 0.143. The molecule has 1 rings (SSSR count). The van der Waals surface area contributed by atoms with Gasteiger partial charge >= 0.3 is 0 Å². The summed E-state index contributed by atoms with van der Waals surface area (Å²) in [6, 6.07) is 3.21. The molecular weight excluding hydrogens is 145 g/mol. The first-order chi connectivity index (χ1) is 5.16. The summed E-state index contributed by atoms with van der Waals surface area (Å²) in [6.45, 7) is 1.65. The topological polar surface area (TPSA) is 64.1 Å². The van der Waals surface area contributed by atoms with Gasteiger partial charge in [0.1, 0.15) is 5.69 Å². The predicted molar refractivity (Wildman–Crippen MR) is 43.4 cm³/mol. The average Bonchev–Trinajstić information content (AvgIpc) is 1.99. The van der Waals surface area contributed by atoms with Gasteiger partial charge in [0.15, 0.2) is 5.82 Å². The highest BCUT2D eigenvalue weighted by Gasteiger charge is 2.06. The maximum absolute atomic E-state index is 13.0. The van der Waals surface area contributed by atoms with Crippen molar-refractivity contribution in [3.05, 3.63) is 23.5 Å². The minimum absolute atomic E-state index is 0.157. The van der Waals surface area contributed by atoms with Crippen molar-refractivity contribution >= 4 is 11.4 Å². The molecule has 60 valence electrons. The van der Waals surface area contributed by atoms with Crippen LogP contribution in [0.1, 0.15) is 5.56 Å². The molecule has 0 aromatic heterocycles. The molecule has 1 aromatic rings. The van der Waals surface area contributed by atoms with Gasteiger partial charge < -0.3 is 11.2 Å². The van der Waals surface area contributed by atoms with Gasteiger partial charge in [0.25, 0.3) is 0 Å². The second kappa shape index (κ2) is 2.75. The second-order valence-electron chi connectivity index (χ2n) is 2.31. The Labute approximate surface area is 64.2 Å². The van der Waals surface area contributed by atoms with Gasteiger partial charge in [-0.1, -0.05) is 6.07 Å². The highest BCUT2D eigenvalue weighted by molar-refractivity contribution is 5.67. The lowest BCUT2D eigenvalue weighted by Crippen LogP contribution is -2.11. The maximum Gasteiger partial charge on any atom is 0.152 e. The van der Waals surface area contributed by atoms with Gasteiger partial charge in [0.05, 0.1) is 5.69 Å². The molecule has 0 fully saturated rings. The lowest BCUT2D eigenvalue weighted by Gasteiger charge is -2.06. The molecule has 0 atom stereocenters. The molecule has 5 N–H and O–H groups in total. The molecular formula is C7H10FN3. The summed E-state index contributed by atoms with van der Waals surface area (Å²) in [5.74, 6) is 4.65. The van der Waals surface area contributed by atoms with Crippen molar-refractivity contribution in [3.63, 3.8) is 0 Å². The molecule has 0 bridgehead atoms. The van der Waals surface area contributed by atoms with Crippen molar-refractivity contribution in [1.29, 1.82) is 0 Å². The van der Waals surface area contributed by atoms with Crippen LogP contribution in [0.25, 0.3) is 0 Å². The summed E-state index contributed by atoms with van der Waals surface area (Å²) in [4.78, 5) is 0. The lowest BCUT2D eigenvalue weighted by molar-refractivity contribution is 0.622. The monoisotopic (exact) mass is 155 g/mol. The SMILES string of the molecule is Cc1ccc(N)c(NN)c1F. The van der Waals surface area contributed by atoms with Crippen LogP contribution >= 0.6 is 0 Å². The third kappa shape index (κ3) is 1.25. The molecule has 0 spiro atoms. The van der Waals surface area contributed by atoms with Crippen LogP contribution < -0.4 is 17.0 Å². The van der Waals surface area contributed by atoms with Crippen LogP contribution in [-0.4, -0.2) is 0 Å². The molecule has 0 amide bonds. The highest BCUT2D eigenvalue weighted by atomic mass is 19.1. The zero-order valence-corrected chi connectivity index (χ0v) is 6.19. The highest BCUT2D eigenvalue weighted by Crippen LogP contribution is 2.23. The maximum atomic E-state index is 13.0. The Kier molecular flexibility index (Phi) is 1.96. The Bertz CT molecular complexity index is 273. The van der Waals surface area contributed by atoms with Gasteiger partial charge in [-0.15, -0.1) is 0 Å². The Morgan fingerprint density at radius 3 is 2.55 bits per heavy atom. The van der Waals surface area contributed by atoms with E-state index >= 15 is 0 Å². The van der Waals surface area contributed by atoms with Crippen molar-refractivity contribution in [2.24, 2.45) is 5.84 Å². The Morgan fingerprint density at radius 2 is 2.09 bits per heavy atom. The Hall–Kier alpha value is -1.29. The third-order valence-electron chi connectivity index (χ3n) is 1.51. The zero-order valence-electron chi connectivity index (χ0n) is 6.19. The first-order valence-electron chi connectivity index (χ1n) is 3.18. The van der Waals surface area contributed by atoms with Gasteiger partial charge in [-0.3, -0.25) is 5.84 Å². The van der Waals surface area contributed by atoms with E-state index in [2.05, 4.69) is 5.43 Å². The lowest BCUT2D eigenvalue weighted by atomic mass is 10.2. The van der Waals surface area contributed by atoms with Crippen molar-refractivity contribution < 1.29 is 4.39 Å². The molecule has 0 radical (unpaired) electrons. The van der Waals surface area contributed by atoms with E-state index in [1.807, 2.05) is 0 Å². The van der Waals surface area contributed by atoms with Gasteiger partial charge in [-0.05, 0) is 18.6 Å². The van der Waals surface area contributed by atoms with E-state index in [0.29, 0.717) is 11.3 Å². The van der Waals surface area contributed by atoms with Crippen LogP contribution in [0.5, 0.6) is 0 Å². The largest absolute Gasteiger partial charge is 0.397 e. The standard InChI is InChI=1S/C7H10FN3/c1-4-2-3-5(9)7(11-10)6(4)8/h2-3,11H,9-10H2,1H3. The van der Waals surface area contributed by atoms with Crippen molar-refractivity contribution in [1.82, 2.24) is 0 Å². The molecule has 3 nitrogen and oxygen atoms in total. The fourth-order valence-electron chi connectivity index (χ4n) is 0.842. The van der Waals surface area contributed by atoms with Crippen LogP contribution in [0.15, 0.2) is 12.1 Å². The van der Waals surface area contributed by atoms with Crippen molar-refractivity contribution in [3.8, 4) is 0 Å². The number of halogens is 1. The first kappa shape index (κ1) is 7.81. The van der Waals surface area contributed by atoms with Crippen LogP contribution in [-0.2, 0) is 0 Å².